The maximum atomic E-state index is 10.2. The number of hydrogen-bond donors (Lipinski definition) is 1. The van der Waals surface area contributed by atoms with Crippen molar-refractivity contribution in [2.24, 2.45) is 34.4 Å². The lowest BCUT2D eigenvalue weighted by Gasteiger charge is -1.73. The summed E-state index contributed by atoms with van der Waals surface area (Å²) in [4.78, 5) is 86.5. The van der Waals surface area contributed by atoms with E-state index in [1.165, 1.54) is 87.0 Å². The molecule has 660 valence electrons. The number of nitrogens with zero attached hydrogens (tertiary/aromatic N) is 19. The van der Waals surface area contributed by atoms with Gasteiger partial charge in [0, 0.05) is 105 Å². The van der Waals surface area contributed by atoms with Gasteiger partial charge in [-0.05, 0) is 54.6 Å². The SMILES string of the molecule is C.CC.CC.CC.CC.CC.CC.CC.CC.CC.CC.CC.CC.CC.CC.CC.CC.CC.CC.CC.CC.CC.CC.O=C1C=CC=N1.O=C1C=NC=N1.O=C1N=CC=N1.O=S1(=O)C=CC=N1.O=c1cccn[nH]1.S=C1C=CC=N1.c1ccnnc1.c1cnccn1.c1cncnc1.c1cncnc1.c1cnncn1. The predicted molar refractivity (Wildman–Crippen MR) is 513 cm³/mol. The molecule has 4 amide bonds. The molecule has 26 nitrogen and oxygen atoms in total. The highest BCUT2D eigenvalue weighted by molar-refractivity contribution is 7.93. The van der Waals surface area contributed by atoms with E-state index in [9.17, 15) is 27.6 Å². The van der Waals surface area contributed by atoms with Crippen LogP contribution in [0.2, 0.25) is 0 Å². The fourth-order valence-corrected chi connectivity index (χ4v) is 3.56. The zero-order chi connectivity index (χ0) is 93.3. The van der Waals surface area contributed by atoms with E-state index in [-0.39, 0.29) is 24.8 Å². The molecule has 0 unspecified atom stereocenters. The van der Waals surface area contributed by atoms with E-state index >= 15 is 0 Å². The van der Waals surface area contributed by atoms with Gasteiger partial charge in [-0.15, -0.1) is 5.10 Å². The Kier molecular flexibility index (Phi) is 354. The fraction of sp³-hybridized carbons (Fsp3) is 0.529. The maximum Gasteiger partial charge on any atom is 0.367 e. The Hall–Kier alpha value is -9.83. The third-order valence-electron chi connectivity index (χ3n) is 5.37. The van der Waals surface area contributed by atoms with Crippen molar-refractivity contribution in [1.29, 1.82) is 0 Å². The summed E-state index contributed by atoms with van der Waals surface area (Å²) in [5.74, 6) is -0.426. The molecule has 113 heavy (non-hydrogen) atoms. The van der Waals surface area contributed by atoms with Crippen LogP contribution in [0.25, 0.3) is 0 Å². The number of aliphatic imine (C=N–C) groups is 6. The number of carbonyl (C=O) groups excluding carboxylic acids is 3. The number of nitrogens with one attached hydrogen (secondary N) is 1. The van der Waals surface area contributed by atoms with Crippen molar-refractivity contribution in [3.05, 3.63) is 182 Å². The molecule has 0 fully saturated rings. The van der Waals surface area contributed by atoms with Gasteiger partial charge in [-0.25, -0.2) is 49.8 Å². The number of urea groups is 1. The second kappa shape index (κ2) is 239. The van der Waals surface area contributed by atoms with Gasteiger partial charge in [-0.3, -0.25) is 24.4 Å². The normalized spacial score (nSPS) is 8.88. The van der Waals surface area contributed by atoms with Gasteiger partial charge < -0.3 is 0 Å². The highest BCUT2D eigenvalue weighted by Crippen LogP contribution is 1.97. The molecule has 11 rings (SSSR count). The van der Waals surface area contributed by atoms with E-state index in [4.69, 9.17) is 0 Å². The summed E-state index contributed by atoms with van der Waals surface area (Å²) in [6.07, 6.45) is 43.1. The second-order valence-corrected chi connectivity index (χ2v) is 12.2. The van der Waals surface area contributed by atoms with Gasteiger partial charge in [0.25, 0.3) is 27.4 Å². The molecule has 6 aromatic rings. The van der Waals surface area contributed by atoms with Crippen LogP contribution < -0.4 is 5.56 Å². The van der Waals surface area contributed by atoms with Crippen LogP contribution in [0.15, 0.2) is 211 Å². The van der Waals surface area contributed by atoms with E-state index in [1.807, 2.05) is 323 Å². The first kappa shape index (κ1) is 168. The lowest BCUT2D eigenvalue weighted by Crippen LogP contribution is -2.02. The number of sulfonamides is 1. The number of H-pyrrole nitrogens is 1. The number of rotatable bonds is 0. The number of aromatic nitrogens is 13. The Labute approximate surface area is 701 Å². The van der Waals surface area contributed by atoms with Crippen molar-refractivity contribution in [3.8, 4) is 0 Å². The van der Waals surface area contributed by atoms with Crippen LogP contribution in [-0.4, -0.2) is 140 Å². The minimum atomic E-state index is -3.16. The van der Waals surface area contributed by atoms with Crippen LogP contribution in [0.4, 0.5) is 4.79 Å². The van der Waals surface area contributed by atoms with E-state index in [1.54, 1.807) is 105 Å². The Morgan fingerprint density at radius 2 is 0.655 bits per heavy atom. The van der Waals surface area contributed by atoms with E-state index in [0.717, 1.165) is 5.41 Å². The molecule has 0 spiro atoms. The largest absolute Gasteiger partial charge is 0.367 e. The molecule has 5 aliphatic rings. The quantitative estimate of drug-likeness (QED) is 0.138. The van der Waals surface area contributed by atoms with Crippen LogP contribution in [-0.2, 0) is 19.6 Å². The number of carbonyl (C=O) groups is 3. The van der Waals surface area contributed by atoms with Gasteiger partial charge in [-0.1, -0.05) is 324 Å². The van der Waals surface area contributed by atoms with E-state index < -0.39 is 16.1 Å². The highest BCUT2D eigenvalue weighted by Gasteiger charge is 2.01. The third-order valence-corrected chi connectivity index (χ3v) is 6.53. The lowest BCUT2D eigenvalue weighted by atomic mass is 10.6. The van der Waals surface area contributed by atoms with Gasteiger partial charge >= 0.3 is 6.03 Å². The summed E-state index contributed by atoms with van der Waals surface area (Å²) < 4.78 is 23.4. The molecule has 5 aliphatic heterocycles. The molecule has 1 N–H and O–H groups in total. The molecule has 11 heterocycles. The molecule has 0 radical (unpaired) electrons. The van der Waals surface area contributed by atoms with Crippen LogP contribution in [0, 0.1) is 0 Å². The second-order valence-electron chi connectivity index (χ2n) is 10.3. The standard InChI is InChI=1S/C4H4N2O.4C4H4N2.C4H3NO.C4H3NS.C3H3N3.2C3H2N2O.C3H3NO2S.22C2H6.CH4/c7-4-2-1-3-5-6-4;1-2-6-4-3-5-1;2*1-2-5-4-6-3-1;1-2-4-6-5-3-1;2*6-4-2-1-3-5-4;1-2-5-6-3-4-1;6-3-1-4-2-5-3;6-3-4-1-2-5-3;5-7(6)3-1-2-4-7;22*1-2;/h1-3H,(H,6,7);4*1-4H;3*1-3H;2*1-2H;1-3H;22*1-2H3;1H4. The first-order chi connectivity index (χ1) is 55.2. The van der Waals surface area contributed by atoms with Crippen LogP contribution >= 0.6 is 12.2 Å². The number of amides is 4. The summed E-state index contributed by atoms with van der Waals surface area (Å²) in [6, 6.07) is 9.79. The van der Waals surface area contributed by atoms with Crippen molar-refractivity contribution in [2.75, 3.05) is 0 Å². The predicted octanol–water partition coefficient (Wildman–Crippen LogP) is 25.7. The van der Waals surface area contributed by atoms with Gasteiger partial charge in [0.05, 0.1) is 30.2 Å². The molecule has 0 atom stereocenters. The minimum absolute atomic E-state index is 0. The Bertz CT molecular complexity index is 2230. The van der Waals surface area contributed by atoms with Crippen molar-refractivity contribution in [1.82, 2.24) is 65.5 Å². The van der Waals surface area contributed by atoms with Crippen LogP contribution in [0.3, 0.4) is 0 Å². The third kappa shape index (κ3) is 241. The Morgan fingerprint density at radius 1 is 0.310 bits per heavy atom. The zero-order valence-corrected chi connectivity index (χ0v) is 80.6. The van der Waals surface area contributed by atoms with Crippen molar-refractivity contribution in [2.45, 2.75) is 312 Å². The van der Waals surface area contributed by atoms with Crippen molar-refractivity contribution >= 4 is 88.7 Å². The van der Waals surface area contributed by atoms with Gasteiger partial charge in [0.2, 0.25) is 0 Å². The smallest absolute Gasteiger partial charge is 0.268 e. The minimum Gasteiger partial charge on any atom is -0.268 e. The van der Waals surface area contributed by atoms with Crippen molar-refractivity contribution in [3.63, 3.8) is 0 Å². The molecule has 0 aliphatic carbocycles. The monoisotopic (exact) mass is 1630 g/mol. The molecule has 0 bridgehead atoms. The average Bonchev–Trinajstić information content (AvgIpc) is 1.80. The first-order valence-corrected chi connectivity index (χ1v) is 42.1. The molecule has 6 aromatic heterocycles. The Balaban J connectivity index is -0.0000000358. The summed E-state index contributed by atoms with van der Waals surface area (Å²) in [7, 11) is -3.16. The number of allylic oxidation sites excluding steroid dienone is 3. The number of aromatic amines is 1. The molecule has 0 saturated carbocycles. The van der Waals surface area contributed by atoms with Gasteiger partial charge in [0.15, 0.2) is 0 Å². The van der Waals surface area contributed by atoms with Gasteiger partial charge in [-0.2, -0.15) is 48.2 Å². The average molecular weight is 1630 g/mol. The summed E-state index contributed by atoms with van der Waals surface area (Å²) in [5, 5.41) is 20.7. The lowest BCUT2D eigenvalue weighted by molar-refractivity contribution is -0.113. The molecule has 0 aromatic carbocycles. The fourth-order valence-electron chi connectivity index (χ4n) is 2.84. The maximum absolute atomic E-state index is 10.2. The topological polar surface area (TPSA) is 359 Å². The van der Waals surface area contributed by atoms with E-state index in [0.29, 0.717) is 4.99 Å². The highest BCUT2D eigenvalue weighted by atomic mass is 32.2. The zero-order valence-electron chi connectivity index (χ0n) is 79.0. The van der Waals surface area contributed by atoms with Crippen LogP contribution in [0.1, 0.15) is 312 Å². The first-order valence-electron chi connectivity index (χ1n) is 40.2. The molecule has 0 saturated heterocycles. The molecule has 28 heteroatoms. The summed E-state index contributed by atoms with van der Waals surface area (Å²) in [6.45, 7) is 88.0. The number of hydrogen-bond acceptors (Lipinski definition) is 20. The van der Waals surface area contributed by atoms with E-state index in [2.05, 4.69) is 112 Å². The van der Waals surface area contributed by atoms with Crippen LogP contribution in [0.5, 0.6) is 0 Å². The van der Waals surface area contributed by atoms with Gasteiger partial charge in [0.1, 0.15) is 30.3 Å². The molecular weight excluding hydrogens is 1460 g/mol. The number of thiocarbonyl (C=S) groups is 1. The summed E-state index contributed by atoms with van der Waals surface area (Å²) in [5.41, 5.74) is -0.164. The Morgan fingerprint density at radius 3 is 0.752 bits per heavy atom. The van der Waals surface area contributed by atoms with Crippen molar-refractivity contribution < 1.29 is 22.8 Å². The summed E-state index contributed by atoms with van der Waals surface area (Å²) >= 11 is 4.63. The molecular formula is C85H172N20O6S2.